The van der Waals surface area contributed by atoms with E-state index in [1.807, 2.05) is 0 Å². The quantitative estimate of drug-likeness (QED) is 0.198. The Hall–Kier alpha value is 0.470. The Morgan fingerprint density at radius 1 is 0.909 bits per heavy atom. The number of alkyl halides is 2. The Labute approximate surface area is 150 Å². The van der Waals surface area contributed by atoms with E-state index in [4.69, 9.17) is 0 Å². The van der Waals surface area contributed by atoms with E-state index >= 15 is 0 Å². The van der Waals surface area contributed by atoms with Crippen molar-refractivity contribution in [1.29, 1.82) is 0 Å². The summed E-state index contributed by atoms with van der Waals surface area (Å²) in [6, 6.07) is 0. The Bertz CT molecular complexity index is 294. The number of hydrogen-bond donors (Lipinski definition) is 0. The van der Waals surface area contributed by atoms with Crippen LogP contribution in [-0.2, 0) is 0 Å². The molecule has 2 rings (SSSR count). The van der Waals surface area contributed by atoms with Crippen LogP contribution in [0.1, 0.15) is 84.0 Å². The van der Waals surface area contributed by atoms with Crippen LogP contribution < -0.4 is 21.2 Å². The minimum absolute atomic E-state index is 0.505. The summed E-state index contributed by atoms with van der Waals surface area (Å²) < 4.78 is 3.14. The Morgan fingerprint density at radius 3 is 2.41 bits per heavy atom. The van der Waals surface area contributed by atoms with Crippen molar-refractivity contribution >= 4 is 0 Å². The fourth-order valence-corrected chi connectivity index (χ4v) is 6.98. The van der Waals surface area contributed by atoms with E-state index < -0.39 is 0 Å². The van der Waals surface area contributed by atoms with Crippen LogP contribution in [0.2, 0.25) is 0 Å². The molecule has 0 aromatic rings. The molecule has 0 aliphatic heterocycles. The Balaban J connectivity index is 1.56. The standard InChI is InChI=1S/C21H38I/c1-3-5-6-15-22-16-14-21-13-12-19(17-20(21)4-2)9-7-8-18-10-11-18/h4,18-21H,2-3,5-17H2,1H3/q-1/t19-,20?,21?/m1/s1. The summed E-state index contributed by atoms with van der Waals surface area (Å²) in [5.41, 5.74) is 0. The molecule has 130 valence electrons. The summed E-state index contributed by atoms with van der Waals surface area (Å²) in [5.74, 6) is 3.99. The maximum atomic E-state index is 4.17. The first-order chi connectivity index (χ1) is 10.8. The Morgan fingerprint density at radius 2 is 1.68 bits per heavy atom. The van der Waals surface area contributed by atoms with Gasteiger partial charge in [0.25, 0.3) is 0 Å². The molecule has 2 unspecified atom stereocenters. The second kappa shape index (κ2) is 11.1. The van der Waals surface area contributed by atoms with Crippen molar-refractivity contribution in [3.8, 4) is 0 Å². The van der Waals surface area contributed by atoms with E-state index in [1.165, 1.54) is 77.0 Å². The molecule has 0 saturated heterocycles. The summed E-state index contributed by atoms with van der Waals surface area (Å²) >= 11 is 0.505. The molecule has 2 aliphatic rings. The molecule has 0 nitrogen and oxygen atoms in total. The molecule has 0 bridgehead atoms. The van der Waals surface area contributed by atoms with Crippen LogP contribution in [0, 0.1) is 23.7 Å². The van der Waals surface area contributed by atoms with Crippen molar-refractivity contribution in [1.82, 2.24) is 0 Å². The average molecular weight is 417 g/mol. The van der Waals surface area contributed by atoms with Crippen LogP contribution in [0.25, 0.3) is 0 Å². The second-order valence-corrected chi connectivity index (χ2v) is 11.0. The first kappa shape index (κ1) is 18.8. The van der Waals surface area contributed by atoms with E-state index in [1.54, 1.807) is 8.86 Å². The summed E-state index contributed by atoms with van der Waals surface area (Å²) in [7, 11) is 0. The molecule has 2 fully saturated rings. The number of allylic oxidation sites excluding steroid dienone is 1. The van der Waals surface area contributed by atoms with Crippen LogP contribution in [0.4, 0.5) is 0 Å². The zero-order valence-corrected chi connectivity index (χ0v) is 17.0. The molecular formula is C21H38I-. The second-order valence-electron chi connectivity index (χ2n) is 7.78. The van der Waals surface area contributed by atoms with E-state index in [0.29, 0.717) is 21.2 Å². The first-order valence-corrected chi connectivity index (χ1v) is 13.0. The van der Waals surface area contributed by atoms with E-state index in [9.17, 15) is 0 Å². The predicted molar refractivity (Wildman–Crippen MR) is 95.0 cm³/mol. The van der Waals surface area contributed by atoms with Gasteiger partial charge < -0.3 is 0 Å². The van der Waals surface area contributed by atoms with E-state index in [-0.39, 0.29) is 0 Å². The predicted octanol–water partition coefficient (Wildman–Crippen LogP) is 3.45. The number of hydrogen-bond acceptors (Lipinski definition) is 0. The third-order valence-corrected chi connectivity index (χ3v) is 8.78. The third-order valence-electron chi connectivity index (χ3n) is 5.87. The minimum atomic E-state index is 0.505. The van der Waals surface area contributed by atoms with Gasteiger partial charge in [0.05, 0.1) is 0 Å². The zero-order chi connectivity index (χ0) is 15.6. The monoisotopic (exact) mass is 417 g/mol. The van der Waals surface area contributed by atoms with E-state index in [0.717, 1.165) is 23.7 Å². The molecule has 3 atom stereocenters. The van der Waals surface area contributed by atoms with Crippen molar-refractivity contribution in [3.05, 3.63) is 12.7 Å². The molecule has 22 heavy (non-hydrogen) atoms. The van der Waals surface area contributed by atoms with Gasteiger partial charge in [-0.25, -0.2) is 0 Å². The van der Waals surface area contributed by atoms with Crippen molar-refractivity contribution in [2.24, 2.45) is 23.7 Å². The number of halogens is 1. The average Bonchev–Trinajstić information content (AvgIpc) is 3.36. The van der Waals surface area contributed by atoms with Crippen LogP contribution in [0.5, 0.6) is 0 Å². The van der Waals surface area contributed by atoms with Crippen molar-refractivity contribution < 1.29 is 21.2 Å². The zero-order valence-electron chi connectivity index (χ0n) is 14.9. The van der Waals surface area contributed by atoms with Gasteiger partial charge in [0.1, 0.15) is 0 Å². The molecule has 0 radical (unpaired) electrons. The molecule has 0 amide bonds. The van der Waals surface area contributed by atoms with Gasteiger partial charge in [-0.3, -0.25) is 0 Å². The fraction of sp³-hybridized carbons (Fsp3) is 0.905. The molecule has 0 aromatic heterocycles. The normalized spacial score (nSPS) is 28.9. The van der Waals surface area contributed by atoms with Crippen LogP contribution in [0.3, 0.4) is 0 Å². The molecule has 0 heterocycles. The molecule has 0 N–H and O–H groups in total. The summed E-state index contributed by atoms with van der Waals surface area (Å²) in [6.07, 6.45) is 20.3. The van der Waals surface area contributed by atoms with Gasteiger partial charge in [0.2, 0.25) is 0 Å². The van der Waals surface area contributed by atoms with Crippen LogP contribution in [0.15, 0.2) is 12.7 Å². The molecule has 1 heteroatoms. The topological polar surface area (TPSA) is 0 Å². The van der Waals surface area contributed by atoms with Gasteiger partial charge in [-0.2, -0.15) is 0 Å². The Kier molecular flexibility index (Phi) is 9.49. The first-order valence-electron chi connectivity index (χ1n) is 9.99. The van der Waals surface area contributed by atoms with Gasteiger partial charge in [-0.1, -0.05) is 0 Å². The van der Waals surface area contributed by atoms with Crippen molar-refractivity contribution in [3.63, 3.8) is 0 Å². The summed E-state index contributed by atoms with van der Waals surface area (Å²) in [5, 5.41) is 0. The SMILES string of the molecule is C=CC1C[C@H](CCCC2CC2)CCC1CC[I-]CCCCC. The summed E-state index contributed by atoms with van der Waals surface area (Å²) in [6.45, 7) is 6.48. The van der Waals surface area contributed by atoms with Crippen molar-refractivity contribution in [2.75, 3.05) is 8.86 Å². The number of rotatable bonds is 12. The third kappa shape index (κ3) is 7.36. The van der Waals surface area contributed by atoms with Gasteiger partial charge >= 0.3 is 150 Å². The molecular weight excluding hydrogens is 379 g/mol. The molecule has 2 aliphatic carbocycles. The molecule has 2 saturated carbocycles. The van der Waals surface area contributed by atoms with Crippen LogP contribution >= 0.6 is 0 Å². The van der Waals surface area contributed by atoms with Gasteiger partial charge in [-0.05, 0) is 0 Å². The molecule has 0 spiro atoms. The van der Waals surface area contributed by atoms with Gasteiger partial charge in [0.15, 0.2) is 0 Å². The van der Waals surface area contributed by atoms with Crippen molar-refractivity contribution in [2.45, 2.75) is 84.0 Å². The number of unbranched alkanes of at least 4 members (excludes halogenated alkanes) is 2. The fourth-order valence-electron chi connectivity index (χ4n) is 4.12. The van der Waals surface area contributed by atoms with Gasteiger partial charge in [0, 0.05) is 0 Å². The van der Waals surface area contributed by atoms with Gasteiger partial charge in [-0.15, -0.1) is 0 Å². The maximum absolute atomic E-state index is 4.17. The van der Waals surface area contributed by atoms with Crippen LogP contribution in [-0.4, -0.2) is 8.86 Å². The van der Waals surface area contributed by atoms with E-state index in [2.05, 4.69) is 19.6 Å². The molecule has 0 aromatic carbocycles. The summed E-state index contributed by atoms with van der Waals surface area (Å²) in [4.78, 5) is 0.